The summed E-state index contributed by atoms with van der Waals surface area (Å²) in [6.45, 7) is 4.76. The number of para-hydroxylation sites is 1. The molecule has 3 aromatic rings. The zero-order valence-corrected chi connectivity index (χ0v) is 18.7. The Hall–Kier alpha value is -3.41. The van der Waals surface area contributed by atoms with Crippen molar-refractivity contribution < 1.29 is 9.59 Å². The first-order valence-corrected chi connectivity index (χ1v) is 11.3. The van der Waals surface area contributed by atoms with E-state index in [1.54, 1.807) is 9.58 Å². The quantitative estimate of drug-likeness (QED) is 0.560. The van der Waals surface area contributed by atoms with Crippen molar-refractivity contribution in [2.75, 3.05) is 18.4 Å². The zero-order chi connectivity index (χ0) is 22.5. The molecule has 0 unspecified atom stereocenters. The lowest BCUT2D eigenvalue weighted by Crippen LogP contribution is -2.44. The second-order valence-corrected chi connectivity index (χ2v) is 8.82. The molecule has 2 amide bonds. The van der Waals surface area contributed by atoms with E-state index in [-0.39, 0.29) is 24.3 Å². The van der Waals surface area contributed by atoms with Crippen LogP contribution in [0.3, 0.4) is 0 Å². The summed E-state index contributed by atoms with van der Waals surface area (Å²) in [5.74, 6) is 0.838. The molecule has 1 aliphatic carbocycles. The van der Waals surface area contributed by atoms with Gasteiger partial charge in [0, 0.05) is 24.1 Å². The van der Waals surface area contributed by atoms with Crippen LogP contribution in [0.4, 0.5) is 5.82 Å². The summed E-state index contributed by atoms with van der Waals surface area (Å²) >= 11 is 0. The Bertz CT molecular complexity index is 1060. The second-order valence-electron chi connectivity index (χ2n) is 8.82. The van der Waals surface area contributed by atoms with Gasteiger partial charge in [-0.1, -0.05) is 68.8 Å². The predicted molar refractivity (Wildman–Crippen MR) is 126 cm³/mol. The standard InChI is InChI=1S/C26H30N4O2/c1-19(2)17-29(26(32)21-12-9-13-21)18-25(31)27-24-16-23(20-10-5-3-6-11-20)28-30(24)22-14-7-4-8-15-22/h3-8,10-11,14-16,19,21H,9,12-13,17-18H2,1-2H3,(H,27,31). The molecule has 1 aliphatic rings. The first kappa shape index (κ1) is 21.8. The Morgan fingerprint density at radius 2 is 1.72 bits per heavy atom. The van der Waals surface area contributed by atoms with E-state index in [4.69, 9.17) is 5.10 Å². The van der Waals surface area contributed by atoms with Crippen molar-refractivity contribution in [3.05, 3.63) is 66.7 Å². The summed E-state index contributed by atoms with van der Waals surface area (Å²) in [7, 11) is 0. The van der Waals surface area contributed by atoms with Gasteiger partial charge in [0.15, 0.2) is 0 Å². The third kappa shape index (κ3) is 5.07. The fourth-order valence-corrected chi connectivity index (χ4v) is 3.93. The Morgan fingerprint density at radius 3 is 2.31 bits per heavy atom. The number of amides is 2. The molecule has 0 radical (unpaired) electrons. The van der Waals surface area contributed by atoms with Gasteiger partial charge in [-0.15, -0.1) is 0 Å². The average Bonchev–Trinajstić information content (AvgIpc) is 3.16. The van der Waals surface area contributed by atoms with Gasteiger partial charge < -0.3 is 10.2 Å². The second kappa shape index (κ2) is 9.81. The van der Waals surface area contributed by atoms with Gasteiger partial charge >= 0.3 is 0 Å². The molecule has 0 aliphatic heterocycles. The number of nitrogens with zero attached hydrogens (tertiary/aromatic N) is 3. The van der Waals surface area contributed by atoms with E-state index >= 15 is 0 Å². The molecule has 32 heavy (non-hydrogen) atoms. The van der Waals surface area contributed by atoms with Crippen LogP contribution >= 0.6 is 0 Å². The van der Waals surface area contributed by atoms with E-state index in [1.807, 2.05) is 66.7 Å². The van der Waals surface area contributed by atoms with Crippen molar-refractivity contribution in [3.63, 3.8) is 0 Å². The minimum Gasteiger partial charge on any atom is -0.333 e. The SMILES string of the molecule is CC(C)CN(CC(=O)Nc1cc(-c2ccccc2)nn1-c1ccccc1)C(=O)C1CCC1. The molecule has 6 heteroatoms. The fraction of sp³-hybridized carbons (Fsp3) is 0.346. The van der Waals surface area contributed by atoms with Gasteiger partial charge in [0.05, 0.1) is 17.9 Å². The van der Waals surface area contributed by atoms with E-state index in [0.717, 1.165) is 36.2 Å². The predicted octanol–water partition coefficient (Wildman–Crippen LogP) is 4.76. The summed E-state index contributed by atoms with van der Waals surface area (Å²) in [5, 5.41) is 7.74. The number of benzene rings is 2. The lowest BCUT2D eigenvalue weighted by Gasteiger charge is -2.32. The highest BCUT2D eigenvalue weighted by atomic mass is 16.2. The van der Waals surface area contributed by atoms with Crippen molar-refractivity contribution in [1.29, 1.82) is 0 Å². The molecule has 1 N–H and O–H groups in total. The van der Waals surface area contributed by atoms with Gasteiger partial charge in [-0.3, -0.25) is 9.59 Å². The third-order valence-corrected chi connectivity index (χ3v) is 5.73. The van der Waals surface area contributed by atoms with Crippen molar-refractivity contribution in [1.82, 2.24) is 14.7 Å². The van der Waals surface area contributed by atoms with Crippen LogP contribution in [0.25, 0.3) is 16.9 Å². The van der Waals surface area contributed by atoms with Crippen molar-refractivity contribution in [2.45, 2.75) is 33.1 Å². The maximum atomic E-state index is 13.0. The highest BCUT2D eigenvalue weighted by molar-refractivity contribution is 5.95. The van der Waals surface area contributed by atoms with Gasteiger partial charge in [-0.2, -0.15) is 5.10 Å². The largest absolute Gasteiger partial charge is 0.333 e. The Balaban J connectivity index is 1.57. The summed E-state index contributed by atoms with van der Waals surface area (Å²) < 4.78 is 1.74. The zero-order valence-electron chi connectivity index (χ0n) is 18.7. The molecule has 1 heterocycles. The number of nitrogens with one attached hydrogen (secondary N) is 1. The molecule has 6 nitrogen and oxygen atoms in total. The maximum absolute atomic E-state index is 13.0. The number of hydrogen-bond acceptors (Lipinski definition) is 3. The number of rotatable bonds is 8. The number of hydrogen-bond donors (Lipinski definition) is 1. The van der Waals surface area contributed by atoms with Crippen molar-refractivity contribution in [2.24, 2.45) is 11.8 Å². The molecule has 1 saturated carbocycles. The van der Waals surface area contributed by atoms with Crippen LogP contribution < -0.4 is 5.32 Å². The highest BCUT2D eigenvalue weighted by Gasteiger charge is 2.30. The van der Waals surface area contributed by atoms with Crippen LogP contribution in [0, 0.1) is 11.8 Å². The minimum absolute atomic E-state index is 0.0498. The molecule has 2 aromatic carbocycles. The Labute approximate surface area is 189 Å². The lowest BCUT2D eigenvalue weighted by atomic mass is 9.84. The minimum atomic E-state index is -0.213. The molecule has 166 valence electrons. The van der Waals surface area contributed by atoms with E-state index in [1.165, 1.54) is 0 Å². The first-order chi connectivity index (χ1) is 15.5. The first-order valence-electron chi connectivity index (χ1n) is 11.3. The summed E-state index contributed by atoms with van der Waals surface area (Å²) in [5.41, 5.74) is 2.60. The van der Waals surface area contributed by atoms with Crippen molar-refractivity contribution in [3.8, 4) is 16.9 Å². The number of anilines is 1. The normalized spacial score (nSPS) is 13.6. The smallest absolute Gasteiger partial charge is 0.245 e. The topological polar surface area (TPSA) is 67.2 Å². The van der Waals surface area contributed by atoms with Gasteiger partial charge in [-0.05, 0) is 30.9 Å². The van der Waals surface area contributed by atoms with Crippen LogP contribution in [-0.4, -0.2) is 39.6 Å². The third-order valence-electron chi connectivity index (χ3n) is 5.73. The van der Waals surface area contributed by atoms with Gasteiger partial charge in [0.2, 0.25) is 11.8 Å². The van der Waals surface area contributed by atoms with E-state index in [9.17, 15) is 9.59 Å². The van der Waals surface area contributed by atoms with Gasteiger partial charge in [-0.25, -0.2) is 4.68 Å². The van der Waals surface area contributed by atoms with Crippen LogP contribution in [-0.2, 0) is 9.59 Å². The molecule has 1 fully saturated rings. The van der Waals surface area contributed by atoms with Crippen LogP contribution in [0.5, 0.6) is 0 Å². The van der Waals surface area contributed by atoms with Gasteiger partial charge in [0.25, 0.3) is 0 Å². The molecule has 4 rings (SSSR count). The number of aromatic nitrogens is 2. The summed E-state index contributed by atoms with van der Waals surface area (Å²) in [4.78, 5) is 27.6. The van der Waals surface area contributed by atoms with E-state index in [2.05, 4.69) is 19.2 Å². The van der Waals surface area contributed by atoms with E-state index < -0.39 is 0 Å². The van der Waals surface area contributed by atoms with Crippen LogP contribution in [0.15, 0.2) is 66.7 Å². The molecule has 0 saturated heterocycles. The molecular formula is C26H30N4O2. The Morgan fingerprint density at radius 1 is 1.06 bits per heavy atom. The van der Waals surface area contributed by atoms with Crippen LogP contribution in [0.1, 0.15) is 33.1 Å². The van der Waals surface area contributed by atoms with Crippen molar-refractivity contribution >= 4 is 17.6 Å². The highest BCUT2D eigenvalue weighted by Crippen LogP contribution is 2.29. The number of carbonyl (C=O) groups is 2. The fourth-order valence-electron chi connectivity index (χ4n) is 3.93. The van der Waals surface area contributed by atoms with Gasteiger partial charge in [0.1, 0.15) is 5.82 Å². The monoisotopic (exact) mass is 430 g/mol. The molecule has 1 aromatic heterocycles. The average molecular weight is 431 g/mol. The van der Waals surface area contributed by atoms with E-state index in [0.29, 0.717) is 18.3 Å². The molecule has 0 atom stereocenters. The van der Waals surface area contributed by atoms with Crippen LogP contribution in [0.2, 0.25) is 0 Å². The number of carbonyl (C=O) groups excluding carboxylic acids is 2. The summed E-state index contributed by atoms with van der Waals surface area (Å²) in [6, 6.07) is 21.5. The molecular weight excluding hydrogens is 400 g/mol. The maximum Gasteiger partial charge on any atom is 0.245 e. The lowest BCUT2D eigenvalue weighted by molar-refractivity contribution is -0.141. The molecule has 0 spiro atoms. The molecule has 0 bridgehead atoms. The summed E-state index contributed by atoms with van der Waals surface area (Å²) in [6.07, 6.45) is 2.95. The Kier molecular flexibility index (Phi) is 6.69.